The molecule has 0 bridgehead atoms. The monoisotopic (exact) mass is 211 g/mol. The van der Waals surface area contributed by atoms with Crippen LogP contribution in [-0.4, -0.2) is 33.9 Å². The summed E-state index contributed by atoms with van der Waals surface area (Å²) in [5.74, 6) is -0.348. The third-order valence-electron chi connectivity index (χ3n) is 1.81. The summed E-state index contributed by atoms with van der Waals surface area (Å²) in [7, 11) is 1.48. The predicted octanol–water partition coefficient (Wildman–Crippen LogP) is -1.11. The van der Waals surface area contributed by atoms with Gasteiger partial charge in [0.1, 0.15) is 5.69 Å². The lowest BCUT2D eigenvalue weighted by Gasteiger charge is -2.03. The lowest BCUT2D eigenvalue weighted by atomic mass is 10.3. The van der Waals surface area contributed by atoms with Gasteiger partial charge in [-0.1, -0.05) is 0 Å². The second-order valence-electron chi connectivity index (χ2n) is 3.01. The highest BCUT2D eigenvalue weighted by molar-refractivity contribution is 5.91. The number of carbonyl (C=O) groups excluding carboxylic acids is 1. The van der Waals surface area contributed by atoms with E-state index in [2.05, 4.69) is 10.4 Å². The van der Waals surface area contributed by atoms with Crippen LogP contribution in [0.25, 0.3) is 0 Å². The topological polar surface area (TPSA) is 84.2 Å². The molecule has 6 heteroatoms. The van der Waals surface area contributed by atoms with Crippen LogP contribution in [0.4, 0.5) is 0 Å². The van der Waals surface area contributed by atoms with Gasteiger partial charge in [0, 0.05) is 26.3 Å². The highest BCUT2D eigenvalue weighted by atomic mass is 16.3. The Morgan fingerprint density at radius 2 is 2.33 bits per heavy atom. The summed E-state index contributed by atoms with van der Waals surface area (Å²) in [4.78, 5) is 22.4. The van der Waals surface area contributed by atoms with Crippen LogP contribution in [0.2, 0.25) is 0 Å². The smallest absolute Gasteiger partial charge is 0.271 e. The highest BCUT2D eigenvalue weighted by Gasteiger charge is 2.06. The number of aliphatic hydroxyl groups is 1. The number of hydrogen-bond acceptors (Lipinski definition) is 4. The van der Waals surface area contributed by atoms with Gasteiger partial charge in [-0.2, -0.15) is 5.10 Å². The molecule has 0 saturated heterocycles. The molecule has 0 saturated carbocycles. The first-order valence-corrected chi connectivity index (χ1v) is 4.58. The number of rotatable bonds is 4. The van der Waals surface area contributed by atoms with Crippen molar-refractivity contribution in [1.29, 1.82) is 0 Å². The number of aromatic nitrogens is 2. The second kappa shape index (κ2) is 5.26. The van der Waals surface area contributed by atoms with E-state index in [1.165, 1.54) is 19.2 Å². The Labute approximate surface area is 86.5 Å². The van der Waals surface area contributed by atoms with Crippen molar-refractivity contribution in [2.75, 3.05) is 13.2 Å². The Bertz CT molecular complexity index is 400. The number of carbonyl (C=O) groups is 1. The van der Waals surface area contributed by atoms with Crippen LogP contribution in [0, 0.1) is 0 Å². The van der Waals surface area contributed by atoms with Crippen molar-refractivity contribution in [3.63, 3.8) is 0 Å². The zero-order valence-corrected chi connectivity index (χ0v) is 8.43. The fraction of sp³-hybridized carbons (Fsp3) is 0.444. The minimum Gasteiger partial charge on any atom is -0.396 e. The van der Waals surface area contributed by atoms with E-state index in [4.69, 9.17) is 5.11 Å². The maximum Gasteiger partial charge on any atom is 0.271 e. The SMILES string of the molecule is Cn1nc(C(=O)NCCCO)ccc1=O. The van der Waals surface area contributed by atoms with Gasteiger partial charge in [-0.15, -0.1) is 0 Å². The molecule has 82 valence electrons. The molecule has 1 aromatic rings. The van der Waals surface area contributed by atoms with Crippen molar-refractivity contribution >= 4 is 5.91 Å². The summed E-state index contributed by atoms with van der Waals surface area (Å²) in [5, 5.41) is 14.9. The Hall–Kier alpha value is -1.69. The van der Waals surface area contributed by atoms with Gasteiger partial charge in [0.05, 0.1) is 0 Å². The molecule has 0 aliphatic carbocycles. The molecule has 15 heavy (non-hydrogen) atoms. The zero-order chi connectivity index (χ0) is 11.3. The molecule has 0 aromatic carbocycles. The van der Waals surface area contributed by atoms with Gasteiger partial charge in [0.25, 0.3) is 11.5 Å². The van der Waals surface area contributed by atoms with Gasteiger partial charge in [0.15, 0.2) is 0 Å². The molecule has 1 heterocycles. The Morgan fingerprint density at radius 3 is 2.93 bits per heavy atom. The molecule has 0 aliphatic rings. The van der Waals surface area contributed by atoms with Crippen LogP contribution < -0.4 is 10.9 Å². The van der Waals surface area contributed by atoms with Crippen LogP contribution in [0.15, 0.2) is 16.9 Å². The Morgan fingerprint density at radius 1 is 1.60 bits per heavy atom. The van der Waals surface area contributed by atoms with Gasteiger partial charge in [-0.3, -0.25) is 9.59 Å². The van der Waals surface area contributed by atoms with Crippen LogP contribution in [0.3, 0.4) is 0 Å². The zero-order valence-electron chi connectivity index (χ0n) is 8.43. The van der Waals surface area contributed by atoms with Gasteiger partial charge >= 0.3 is 0 Å². The molecule has 1 amide bonds. The van der Waals surface area contributed by atoms with Crippen molar-refractivity contribution in [3.05, 3.63) is 28.2 Å². The number of hydrogen-bond donors (Lipinski definition) is 2. The summed E-state index contributed by atoms with van der Waals surface area (Å²) in [6.45, 7) is 0.417. The van der Waals surface area contributed by atoms with Crippen LogP contribution >= 0.6 is 0 Å². The lowest BCUT2D eigenvalue weighted by Crippen LogP contribution is -2.29. The number of aliphatic hydroxyl groups excluding tert-OH is 1. The van der Waals surface area contributed by atoms with Gasteiger partial charge in [-0.05, 0) is 12.5 Å². The minimum atomic E-state index is -0.348. The summed E-state index contributed by atoms with van der Waals surface area (Å²) in [6, 6.07) is 2.66. The van der Waals surface area contributed by atoms with Crippen molar-refractivity contribution in [2.24, 2.45) is 7.05 Å². The van der Waals surface area contributed by atoms with E-state index in [-0.39, 0.29) is 23.8 Å². The molecule has 1 aromatic heterocycles. The molecule has 1 rings (SSSR count). The average Bonchev–Trinajstić information content (AvgIpc) is 2.22. The summed E-state index contributed by atoms with van der Waals surface area (Å²) >= 11 is 0. The van der Waals surface area contributed by atoms with Crippen LogP contribution in [-0.2, 0) is 7.05 Å². The van der Waals surface area contributed by atoms with Gasteiger partial charge < -0.3 is 10.4 Å². The standard InChI is InChI=1S/C9H13N3O3/c1-12-8(14)4-3-7(11-12)9(15)10-5-2-6-13/h3-4,13H,2,5-6H2,1H3,(H,10,15). The van der Waals surface area contributed by atoms with E-state index in [1.54, 1.807) is 0 Å². The fourth-order valence-corrected chi connectivity index (χ4v) is 0.995. The molecule has 0 aliphatic heterocycles. The molecule has 0 spiro atoms. The fourth-order valence-electron chi connectivity index (χ4n) is 0.995. The van der Waals surface area contributed by atoms with Crippen molar-refractivity contribution in [2.45, 2.75) is 6.42 Å². The Kier molecular flexibility index (Phi) is 3.99. The molecular formula is C9H13N3O3. The maximum absolute atomic E-state index is 11.4. The van der Waals surface area contributed by atoms with Crippen molar-refractivity contribution in [1.82, 2.24) is 15.1 Å². The normalized spacial score (nSPS) is 10.0. The lowest BCUT2D eigenvalue weighted by molar-refractivity contribution is 0.0944. The summed E-state index contributed by atoms with van der Waals surface area (Å²) in [6.07, 6.45) is 0.498. The van der Waals surface area contributed by atoms with E-state index < -0.39 is 0 Å². The van der Waals surface area contributed by atoms with Crippen molar-refractivity contribution < 1.29 is 9.90 Å². The summed E-state index contributed by atoms with van der Waals surface area (Å²) < 4.78 is 1.10. The first-order valence-electron chi connectivity index (χ1n) is 4.58. The number of aryl methyl sites for hydroxylation is 1. The van der Waals surface area contributed by atoms with E-state index in [9.17, 15) is 9.59 Å². The third-order valence-corrected chi connectivity index (χ3v) is 1.81. The largest absolute Gasteiger partial charge is 0.396 e. The van der Waals surface area contributed by atoms with E-state index >= 15 is 0 Å². The van der Waals surface area contributed by atoms with Crippen LogP contribution in [0.1, 0.15) is 16.9 Å². The van der Waals surface area contributed by atoms with E-state index in [0.29, 0.717) is 13.0 Å². The quantitative estimate of drug-likeness (QED) is 0.619. The average molecular weight is 211 g/mol. The minimum absolute atomic E-state index is 0.0288. The number of nitrogens with one attached hydrogen (secondary N) is 1. The van der Waals surface area contributed by atoms with Gasteiger partial charge in [-0.25, -0.2) is 4.68 Å². The van der Waals surface area contributed by atoms with E-state index in [0.717, 1.165) is 4.68 Å². The summed E-state index contributed by atoms with van der Waals surface area (Å²) in [5.41, 5.74) is -0.0723. The molecule has 0 unspecified atom stereocenters. The van der Waals surface area contributed by atoms with Gasteiger partial charge in [0.2, 0.25) is 0 Å². The molecule has 6 nitrogen and oxygen atoms in total. The third kappa shape index (κ3) is 3.17. The molecule has 0 radical (unpaired) electrons. The number of amides is 1. The molecule has 2 N–H and O–H groups in total. The maximum atomic E-state index is 11.4. The van der Waals surface area contributed by atoms with Crippen molar-refractivity contribution in [3.8, 4) is 0 Å². The second-order valence-corrected chi connectivity index (χ2v) is 3.01. The van der Waals surface area contributed by atoms with Crippen LogP contribution in [0.5, 0.6) is 0 Å². The Balaban J connectivity index is 2.66. The highest BCUT2D eigenvalue weighted by Crippen LogP contribution is 1.89. The molecular weight excluding hydrogens is 198 g/mol. The number of nitrogens with zero attached hydrogens (tertiary/aromatic N) is 2. The molecule has 0 atom stereocenters. The molecule has 0 fully saturated rings. The predicted molar refractivity (Wildman–Crippen MR) is 53.5 cm³/mol. The van der Waals surface area contributed by atoms with E-state index in [1.807, 2.05) is 0 Å². The first kappa shape index (κ1) is 11.4. The first-order chi connectivity index (χ1) is 7.15.